The smallest absolute Gasteiger partial charge is 0.106 e. The van der Waals surface area contributed by atoms with Crippen molar-refractivity contribution in [3.63, 3.8) is 0 Å². The van der Waals surface area contributed by atoms with E-state index >= 15 is 0 Å². The van der Waals surface area contributed by atoms with Gasteiger partial charge in [0.15, 0.2) is 0 Å². The minimum atomic E-state index is 0. The SMILES string of the molecule is C.C.C#COC.CC.CC(C)N(C)C.CNC.CNC(C)C. The maximum Gasteiger partial charge on any atom is 0.106 e. The minimum Gasteiger partial charge on any atom is -0.450 e. The lowest BCUT2D eigenvalue weighted by atomic mass is 10.4. The minimum absolute atomic E-state index is 0. The van der Waals surface area contributed by atoms with Gasteiger partial charge in [-0.05, 0) is 49.1 Å². The van der Waals surface area contributed by atoms with E-state index in [-0.39, 0.29) is 14.9 Å². The van der Waals surface area contributed by atoms with Gasteiger partial charge in [-0.25, -0.2) is 0 Å². The Labute approximate surface area is 144 Å². The highest BCUT2D eigenvalue weighted by atomic mass is 16.5. The molecule has 0 atom stereocenters. The van der Waals surface area contributed by atoms with Gasteiger partial charge in [-0.1, -0.05) is 49.0 Å². The molecule has 0 aliphatic heterocycles. The summed E-state index contributed by atoms with van der Waals surface area (Å²) in [6.07, 6.45) is 6.49. The van der Waals surface area contributed by atoms with Crippen LogP contribution in [0, 0.1) is 12.5 Å². The Kier molecular flexibility index (Phi) is 97.5. The number of terminal acetylenes is 1. The van der Waals surface area contributed by atoms with Gasteiger partial charge in [0.25, 0.3) is 0 Å². The molecule has 0 aromatic heterocycles. The molecule has 22 heavy (non-hydrogen) atoms. The fourth-order valence-corrected chi connectivity index (χ4v) is 0. The maximum atomic E-state index is 4.56. The monoisotopic (exact) mass is 323 g/mol. The molecule has 0 unspecified atom stereocenters. The topological polar surface area (TPSA) is 36.5 Å². The highest BCUT2D eigenvalue weighted by Gasteiger charge is 1.90. The predicted molar refractivity (Wildman–Crippen MR) is 109 cm³/mol. The largest absolute Gasteiger partial charge is 0.450 e. The number of hydrogen-bond donors (Lipinski definition) is 2. The molecule has 0 saturated carbocycles. The van der Waals surface area contributed by atoms with Crippen molar-refractivity contribution in [2.75, 3.05) is 42.3 Å². The van der Waals surface area contributed by atoms with Crippen molar-refractivity contribution >= 4 is 0 Å². The maximum absolute atomic E-state index is 4.56. The molecule has 0 rings (SSSR count). The van der Waals surface area contributed by atoms with E-state index in [0.717, 1.165) is 0 Å². The zero-order chi connectivity index (χ0) is 17.6. The number of methoxy groups -OCH3 is 1. The summed E-state index contributed by atoms with van der Waals surface area (Å²) < 4.78 is 4.07. The molecule has 0 radical (unpaired) electrons. The average Bonchev–Trinajstić information content (AvgIpc) is 2.42. The Hall–Kier alpha value is -0.760. The van der Waals surface area contributed by atoms with Gasteiger partial charge >= 0.3 is 0 Å². The molecule has 142 valence electrons. The number of nitrogens with one attached hydrogen (secondary N) is 2. The van der Waals surface area contributed by atoms with Crippen molar-refractivity contribution in [1.29, 1.82) is 0 Å². The van der Waals surface area contributed by atoms with Gasteiger partial charge < -0.3 is 20.3 Å². The van der Waals surface area contributed by atoms with Crippen LogP contribution in [-0.4, -0.2) is 59.3 Å². The lowest BCUT2D eigenvalue weighted by molar-refractivity contribution is 0.335. The van der Waals surface area contributed by atoms with Crippen molar-refractivity contribution in [2.24, 2.45) is 0 Å². The van der Waals surface area contributed by atoms with Crippen LogP contribution in [-0.2, 0) is 4.74 Å². The van der Waals surface area contributed by atoms with Gasteiger partial charge in [0.05, 0.1) is 7.11 Å². The Bertz CT molecular complexity index is 147. The van der Waals surface area contributed by atoms with Crippen LogP contribution in [0.15, 0.2) is 0 Å². The number of hydrogen-bond acceptors (Lipinski definition) is 4. The Balaban J connectivity index is -0.0000000261. The van der Waals surface area contributed by atoms with Crippen molar-refractivity contribution in [1.82, 2.24) is 15.5 Å². The quantitative estimate of drug-likeness (QED) is 0.755. The average molecular weight is 324 g/mol. The standard InChI is InChI=1S/C5H13N.C4H11N.C3H4O.C2H7N.C2H6.2CH4/c1-5(2)6(3)4;1-4(2)5-3;1-3-4-2;1-3-2;1-2;;/h5H,1-4H3;4-5H,1-3H3;1H,2H3;3H,1-2H3;1-2H3;2*1H4. The summed E-state index contributed by atoms with van der Waals surface area (Å²) in [5, 5.41) is 5.78. The summed E-state index contributed by atoms with van der Waals surface area (Å²) in [4.78, 5) is 2.17. The molecular formula is C18H49N3O. The normalized spacial score (nSPS) is 7.00. The second-order valence-corrected chi connectivity index (χ2v) is 4.32. The van der Waals surface area contributed by atoms with E-state index in [9.17, 15) is 0 Å². The molecule has 0 aliphatic rings. The molecule has 4 nitrogen and oxygen atoms in total. The second-order valence-electron chi connectivity index (χ2n) is 4.32. The van der Waals surface area contributed by atoms with Crippen molar-refractivity contribution < 1.29 is 4.74 Å². The van der Waals surface area contributed by atoms with Crippen LogP contribution in [0.1, 0.15) is 56.4 Å². The molecular weight excluding hydrogens is 274 g/mol. The van der Waals surface area contributed by atoms with E-state index < -0.39 is 0 Å². The van der Waals surface area contributed by atoms with E-state index in [1.54, 1.807) is 0 Å². The molecule has 0 amide bonds. The molecule has 0 spiro atoms. The van der Waals surface area contributed by atoms with Gasteiger partial charge in [0, 0.05) is 12.1 Å². The van der Waals surface area contributed by atoms with Gasteiger partial charge in [-0.15, -0.1) is 0 Å². The summed E-state index contributed by atoms with van der Waals surface area (Å²) in [5.74, 6) is 0. The van der Waals surface area contributed by atoms with E-state index in [0.29, 0.717) is 12.1 Å². The first kappa shape index (κ1) is 42.9. The Morgan fingerprint density at radius 1 is 0.955 bits per heavy atom. The van der Waals surface area contributed by atoms with Crippen LogP contribution in [0.4, 0.5) is 0 Å². The predicted octanol–water partition coefficient (Wildman–Crippen LogP) is 3.93. The lowest BCUT2D eigenvalue weighted by Crippen LogP contribution is -2.20. The van der Waals surface area contributed by atoms with E-state index in [1.165, 1.54) is 7.11 Å². The van der Waals surface area contributed by atoms with E-state index in [4.69, 9.17) is 0 Å². The van der Waals surface area contributed by atoms with Gasteiger partial charge in [-0.3, -0.25) is 0 Å². The number of rotatable bonds is 2. The highest BCUT2D eigenvalue weighted by Crippen LogP contribution is 1.84. The van der Waals surface area contributed by atoms with Crippen LogP contribution in [0.5, 0.6) is 0 Å². The van der Waals surface area contributed by atoms with E-state index in [1.807, 2.05) is 41.1 Å². The summed E-state index contributed by atoms with van der Waals surface area (Å²) in [6.45, 7) is 12.6. The third-order valence-electron chi connectivity index (χ3n) is 1.73. The van der Waals surface area contributed by atoms with Crippen LogP contribution < -0.4 is 10.6 Å². The Morgan fingerprint density at radius 3 is 1.09 bits per heavy atom. The molecule has 0 bridgehead atoms. The number of nitrogens with zero attached hydrogens (tertiary/aromatic N) is 1. The van der Waals surface area contributed by atoms with Gasteiger partial charge in [0.1, 0.15) is 6.11 Å². The molecule has 0 heterocycles. The van der Waals surface area contributed by atoms with Crippen molar-refractivity contribution in [3.05, 3.63) is 0 Å². The van der Waals surface area contributed by atoms with Crippen LogP contribution in [0.3, 0.4) is 0 Å². The number of ether oxygens (including phenoxy) is 1. The summed E-state index contributed by atoms with van der Waals surface area (Å²) >= 11 is 0. The molecule has 2 N–H and O–H groups in total. The summed E-state index contributed by atoms with van der Waals surface area (Å²) in [5.41, 5.74) is 0. The fourth-order valence-electron chi connectivity index (χ4n) is 0. The van der Waals surface area contributed by atoms with Gasteiger partial charge in [-0.2, -0.15) is 0 Å². The first-order valence-electron chi connectivity index (χ1n) is 7.15. The summed E-state index contributed by atoms with van der Waals surface area (Å²) in [6, 6.07) is 1.32. The summed E-state index contributed by atoms with van der Waals surface area (Å²) in [7, 11) is 11.3. The van der Waals surface area contributed by atoms with Crippen molar-refractivity contribution in [2.45, 2.75) is 68.5 Å². The third-order valence-corrected chi connectivity index (χ3v) is 1.73. The first-order valence-corrected chi connectivity index (χ1v) is 7.15. The zero-order valence-corrected chi connectivity index (χ0v) is 16.1. The van der Waals surface area contributed by atoms with Crippen molar-refractivity contribution in [3.8, 4) is 12.5 Å². The van der Waals surface area contributed by atoms with Crippen LogP contribution in [0.25, 0.3) is 0 Å². The molecule has 0 fully saturated rings. The van der Waals surface area contributed by atoms with Crippen LogP contribution in [0.2, 0.25) is 0 Å². The molecule has 0 aromatic carbocycles. The molecule has 0 saturated heterocycles. The van der Waals surface area contributed by atoms with E-state index in [2.05, 4.69) is 68.5 Å². The third kappa shape index (κ3) is 164. The first-order chi connectivity index (χ1) is 9.24. The van der Waals surface area contributed by atoms with Crippen LogP contribution >= 0.6 is 0 Å². The molecule has 0 aliphatic carbocycles. The molecule has 0 aromatic rings. The Morgan fingerprint density at radius 2 is 1.09 bits per heavy atom. The second kappa shape index (κ2) is 50.0. The zero-order valence-electron chi connectivity index (χ0n) is 16.1. The van der Waals surface area contributed by atoms with Gasteiger partial charge in [0.2, 0.25) is 0 Å². The molecule has 4 heteroatoms. The fraction of sp³-hybridized carbons (Fsp3) is 0.889. The lowest BCUT2D eigenvalue weighted by Gasteiger charge is -2.12. The highest BCUT2D eigenvalue weighted by molar-refractivity contribution is 4.65.